The maximum absolute atomic E-state index is 13.2. The second-order valence-electron chi connectivity index (χ2n) is 7.86. The topological polar surface area (TPSA) is 84.9 Å². The maximum atomic E-state index is 13.2. The molecule has 1 saturated heterocycles. The molecule has 1 aliphatic rings. The summed E-state index contributed by atoms with van der Waals surface area (Å²) in [6, 6.07) is 20.7. The lowest BCUT2D eigenvalue weighted by Gasteiger charge is -2.26. The van der Waals surface area contributed by atoms with Gasteiger partial charge in [-0.3, -0.25) is 14.9 Å². The van der Waals surface area contributed by atoms with E-state index in [4.69, 9.17) is 9.47 Å². The van der Waals surface area contributed by atoms with E-state index in [2.05, 4.69) is 11.9 Å². The highest BCUT2D eigenvalue weighted by atomic mass is 16.5. The predicted molar refractivity (Wildman–Crippen MR) is 133 cm³/mol. The van der Waals surface area contributed by atoms with Crippen molar-refractivity contribution in [2.24, 2.45) is 0 Å². The normalized spacial score (nSPS) is 14.6. The summed E-state index contributed by atoms with van der Waals surface area (Å²) >= 11 is 0. The zero-order valence-corrected chi connectivity index (χ0v) is 19.2. The van der Waals surface area contributed by atoms with Gasteiger partial charge >= 0.3 is 6.03 Å². The van der Waals surface area contributed by atoms with Gasteiger partial charge in [0.25, 0.3) is 11.8 Å². The molecule has 4 amide bonds. The van der Waals surface area contributed by atoms with Gasteiger partial charge in [0.15, 0.2) is 0 Å². The predicted octanol–water partition coefficient (Wildman–Crippen LogP) is 4.81. The van der Waals surface area contributed by atoms with Gasteiger partial charge in [-0.25, -0.2) is 9.69 Å². The number of nitrogens with zero attached hydrogens (tertiary/aromatic N) is 1. The first-order valence-electron chi connectivity index (χ1n) is 11.0. The molecule has 4 rings (SSSR count). The van der Waals surface area contributed by atoms with Crippen LogP contribution in [0.4, 0.5) is 10.5 Å². The Hall–Kier alpha value is -4.65. The Morgan fingerprint density at radius 2 is 1.63 bits per heavy atom. The molecule has 0 unspecified atom stereocenters. The van der Waals surface area contributed by atoms with Crippen LogP contribution in [0.15, 0.2) is 91.0 Å². The van der Waals surface area contributed by atoms with Crippen LogP contribution in [0.1, 0.15) is 16.7 Å². The average molecular weight is 469 g/mol. The van der Waals surface area contributed by atoms with E-state index in [1.54, 1.807) is 54.6 Å². The zero-order valence-electron chi connectivity index (χ0n) is 19.2. The molecule has 1 aliphatic heterocycles. The Balaban J connectivity index is 1.54. The van der Waals surface area contributed by atoms with Gasteiger partial charge in [0.05, 0.1) is 5.69 Å². The second-order valence-corrected chi connectivity index (χ2v) is 7.86. The number of benzene rings is 3. The Labute approximate surface area is 203 Å². The first kappa shape index (κ1) is 23.5. The quantitative estimate of drug-likeness (QED) is 0.292. The van der Waals surface area contributed by atoms with Crippen molar-refractivity contribution in [2.75, 3.05) is 11.5 Å². The van der Waals surface area contributed by atoms with Gasteiger partial charge in [0.2, 0.25) is 0 Å². The summed E-state index contributed by atoms with van der Waals surface area (Å²) in [4.78, 5) is 39.1. The fraction of sp³-hybridized carbons (Fsp3) is 0.107. The van der Waals surface area contributed by atoms with Crippen molar-refractivity contribution in [3.63, 3.8) is 0 Å². The van der Waals surface area contributed by atoms with Crippen LogP contribution in [0, 0.1) is 6.92 Å². The first-order chi connectivity index (χ1) is 17.0. The Morgan fingerprint density at radius 1 is 0.914 bits per heavy atom. The number of para-hydroxylation sites is 1. The van der Waals surface area contributed by atoms with Gasteiger partial charge in [-0.05, 0) is 48.9 Å². The van der Waals surface area contributed by atoms with E-state index in [1.807, 2.05) is 31.2 Å². The van der Waals surface area contributed by atoms with Gasteiger partial charge < -0.3 is 9.47 Å². The number of carbonyl (C=O) groups is 3. The minimum atomic E-state index is -0.818. The minimum Gasteiger partial charge on any atom is -0.489 e. The van der Waals surface area contributed by atoms with E-state index in [0.717, 1.165) is 10.5 Å². The van der Waals surface area contributed by atoms with Crippen LogP contribution < -0.4 is 19.7 Å². The van der Waals surface area contributed by atoms with E-state index in [1.165, 1.54) is 11.6 Å². The van der Waals surface area contributed by atoms with Crippen molar-refractivity contribution in [2.45, 2.75) is 13.5 Å². The molecule has 3 aromatic carbocycles. The van der Waals surface area contributed by atoms with E-state index in [9.17, 15) is 14.4 Å². The summed E-state index contributed by atoms with van der Waals surface area (Å²) in [6.45, 7) is 6.29. The van der Waals surface area contributed by atoms with Crippen LogP contribution in [0.5, 0.6) is 11.5 Å². The van der Waals surface area contributed by atoms with Crippen molar-refractivity contribution in [3.8, 4) is 11.5 Å². The van der Waals surface area contributed by atoms with E-state index in [0.29, 0.717) is 29.4 Å². The molecule has 0 aliphatic carbocycles. The smallest absolute Gasteiger partial charge is 0.335 e. The minimum absolute atomic E-state index is 0.182. The maximum Gasteiger partial charge on any atom is 0.335 e. The number of imide groups is 2. The fourth-order valence-electron chi connectivity index (χ4n) is 3.47. The number of nitrogens with one attached hydrogen (secondary N) is 1. The number of barbiturate groups is 1. The largest absolute Gasteiger partial charge is 0.489 e. The third-order valence-corrected chi connectivity index (χ3v) is 5.30. The molecule has 0 radical (unpaired) electrons. The van der Waals surface area contributed by atoms with Crippen LogP contribution in [-0.4, -0.2) is 24.5 Å². The molecule has 0 saturated carbocycles. The summed E-state index contributed by atoms with van der Waals surface area (Å²) in [5, 5.41) is 2.23. The van der Waals surface area contributed by atoms with Crippen LogP contribution in [0.25, 0.3) is 6.08 Å². The highest BCUT2D eigenvalue weighted by Gasteiger charge is 2.37. The Bertz CT molecular complexity index is 1290. The molecule has 0 aromatic heterocycles. The molecular formula is C28H24N2O5. The lowest BCUT2D eigenvalue weighted by Crippen LogP contribution is -2.54. The number of carbonyl (C=O) groups excluding carboxylic acids is 3. The van der Waals surface area contributed by atoms with Crippen molar-refractivity contribution in [3.05, 3.63) is 108 Å². The SMILES string of the molecule is C=CCOc1ccccc1/C=C1\C(=O)NC(=O)N(c2ccc(OCc3ccc(C)cc3)cc2)C1=O. The van der Waals surface area contributed by atoms with Crippen LogP contribution in [-0.2, 0) is 16.2 Å². The Kier molecular flexibility index (Phi) is 7.07. The van der Waals surface area contributed by atoms with Crippen molar-refractivity contribution < 1.29 is 23.9 Å². The van der Waals surface area contributed by atoms with Crippen LogP contribution in [0.2, 0.25) is 0 Å². The molecule has 35 heavy (non-hydrogen) atoms. The summed E-state index contributed by atoms with van der Waals surface area (Å²) in [7, 11) is 0. The van der Waals surface area contributed by atoms with Gasteiger partial charge in [0.1, 0.15) is 30.3 Å². The number of hydrogen-bond donors (Lipinski definition) is 1. The molecule has 0 bridgehead atoms. The molecule has 176 valence electrons. The number of hydrogen-bond acceptors (Lipinski definition) is 5. The molecule has 0 atom stereocenters. The summed E-state index contributed by atoms with van der Waals surface area (Å²) in [5.74, 6) is -0.434. The van der Waals surface area contributed by atoms with E-state index < -0.39 is 17.8 Å². The van der Waals surface area contributed by atoms with Crippen molar-refractivity contribution in [1.82, 2.24) is 5.32 Å². The zero-order chi connectivity index (χ0) is 24.8. The molecule has 1 N–H and O–H groups in total. The summed E-state index contributed by atoms with van der Waals surface area (Å²) in [5.41, 5.74) is 2.85. The number of aryl methyl sites for hydroxylation is 1. The van der Waals surface area contributed by atoms with Crippen molar-refractivity contribution in [1.29, 1.82) is 0 Å². The molecule has 3 aromatic rings. The number of urea groups is 1. The number of anilines is 1. The number of rotatable bonds is 8. The molecule has 7 nitrogen and oxygen atoms in total. The van der Waals surface area contributed by atoms with Crippen LogP contribution >= 0.6 is 0 Å². The molecule has 7 heteroatoms. The summed E-state index contributed by atoms with van der Waals surface area (Å²) < 4.78 is 11.4. The highest BCUT2D eigenvalue weighted by molar-refractivity contribution is 6.39. The second kappa shape index (κ2) is 10.5. The van der Waals surface area contributed by atoms with Gasteiger partial charge in [-0.2, -0.15) is 0 Å². The lowest BCUT2D eigenvalue weighted by molar-refractivity contribution is -0.122. The van der Waals surface area contributed by atoms with Gasteiger partial charge in [0, 0.05) is 5.56 Å². The monoisotopic (exact) mass is 468 g/mol. The highest BCUT2D eigenvalue weighted by Crippen LogP contribution is 2.27. The van der Waals surface area contributed by atoms with E-state index in [-0.39, 0.29) is 12.2 Å². The fourth-order valence-corrected chi connectivity index (χ4v) is 3.47. The summed E-state index contributed by atoms with van der Waals surface area (Å²) in [6.07, 6.45) is 3.01. The molecular weight excluding hydrogens is 444 g/mol. The van der Waals surface area contributed by atoms with Crippen molar-refractivity contribution >= 4 is 29.6 Å². The van der Waals surface area contributed by atoms with E-state index >= 15 is 0 Å². The molecule has 1 fully saturated rings. The Morgan fingerprint density at radius 3 is 2.34 bits per heavy atom. The lowest BCUT2D eigenvalue weighted by atomic mass is 10.1. The number of amides is 4. The first-order valence-corrected chi connectivity index (χ1v) is 11.0. The van der Waals surface area contributed by atoms with Crippen LogP contribution in [0.3, 0.4) is 0 Å². The van der Waals surface area contributed by atoms with Gasteiger partial charge in [-0.1, -0.05) is 60.7 Å². The van der Waals surface area contributed by atoms with Gasteiger partial charge in [-0.15, -0.1) is 0 Å². The third kappa shape index (κ3) is 5.47. The molecule has 0 spiro atoms. The third-order valence-electron chi connectivity index (χ3n) is 5.30. The standard InChI is InChI=1S/C28H24N2O5/c1-3-16-34-25-7-5-4-6-21(25)17-24-26(31)29-28(33)30(27(24)32)22-12-14-23(15-13-22)35-18-20-10-8-19(2)9-11-20/h3-15,17H,1,16,18H2,2H3,(H,29,31,33)/b24-17+. The molecule has 1 heterocycles. The average Bonchev–Trinajstić information content (AvgIpc) is 2.86. The number of ether oxygens (including phenoxy) is 2.